The SMILES string of the molecule is CN(C)CC(=O)NC(Cc1ccccc1)C(=O)O. The molecule has 0 saturated carbocycles. The van der Waals surface area contributed by atoms with E-state index in [0.29, 0.717) is 0 Å². The Bertz CT molecular complexity index is 404. The topological polar surface area (TPSA) is 69.6 Å². The standard InChI is InChI=1S/C13H18N2O3/c1-15(2)9-12(16)14-11(13(17)18)8-10-6-4-3-5-7-10/h3-7,11H,8-9H2,1-2H3,(H,14,16)(H,17,18). The number of hydrogen-bond donors (Lipinski definition) is 2. The summed E-state index contributed by atoms with van der Waals surface area (Å²) in [6.45, 7) is 0.179. The molecule has 98 valence electrons. The van der Waals surface area contributed by atoms with Gasteiger partial charge in [-0.2, -0.15) is 0 Å². The average Bonchev–Trinajstić information content (AvgIpc) is 2.28. The maximum absolute atomic E-state index is 11.5. The highest BCUT2D eigenvalue weighted by Gasteiger charge is 2.20. The van der Waals surface area contributed by atoms with Gasteiger partial charge in [-0.05, 0) is 19.7 Å². The molecular weight excluding hydrogens is 232 g/mol. The van der Waals surface area contributed by atoms with E-state index < -0.39 is 12.0 Å². The van der Waals surface area contributed by atoms with E-state index >= 15 is 0 Å². The summed E-state index contributed by atoms with van der Waals surface area (Å²) in [5, 5.41) is 11.6. The zero-order chi connectivity index (χ0) is 13.5. The van der Waals surface area contributed by atoms with E-state index in [1.54, 1.807) is 19.0 Å². The molecule has 0 radical (unpaired) electrons. The maximum atomic E-state index is 11.5. The van der Waals surface area contributed by atoms with E-state index in [-0.39, 0.29) is 18.9 Å². The van der Waals surface area contributed by atoms with E-state index in [1.807, 2.05) is 30.3 Å². The summed E-state index contributed by atoms with van der Waals surface area (Å²) in [6.07, 6.45) is 0.287. The van der Waals surface area contributed by atoms with E-state index in [0.717, 1.165) is 5.56 Å². The van der Waals surface area contributed by atoms with Crippen LogP contribution >= 0.6 is 0 Å². The third kappa shape index (κ3) is 4.97. The lowest BCUT2D eigenvalue weighted by atomic mass is 10.1. The van der Waals surface area contributed by atoms with Crippen LogP contribution in [-0.4, -0.2) is 48.6 Å². The van der Waals surface area contributed by atoms with Gasteiger partial charge in [0, 0.05) is 6.42 Å². The second kappa shape index (κ2) is 6.76. The van der Waals surface area contributed by atoms with Crippen molar-refractivity contribution in [1.82, 2.24) is 10.2 Å². The first-order valence-corrected chi connectivity index (χ1v) is 5.70. The molecule has 0 aliphatic carbocycles. The van der Waals surface area contributed by atoms with Gasteiger partial charge < -0.3 is 15.3 Å². The summed E-state index contributed by atoms with van der Waals surface area (Å²) >= 11 is 0. The van der Waals surface area contributed by atoms with Crippen LogP contribution in [0.5, 0.6) is 0 Å². The Morgan fingerprint density at radius 3 is 2.39 bits per heavy atom. The average molecular weight is 250 g/mol. The molecule has 1 atom stereocenters. The lowest BCUT2D eigenvalue weighted by Crippen LogP contribution is -2.45. The summed E-state index contributed by atoms with van der Waals surface area (Å²) in [5.74, 6) is -1.31. The molecular formula is C13H18N2O3. The van der Waals surface area contributed by atoms with Gasteiger partial charge in [-0.15, -0.1) is 0 Å². The number of nitrogens with zero attached hydrogens (tertiary/aromatic N) is 1. The summed E-state index contributed by atoms with van der Waals surface area (Å²) in [4.78, 5) is 24.3. The molecule has 0 aromatic heterocycles. The molecule has 1 unspecified atom stereocenters. The highest BCUT2D eigenvalue weighted by atomic mass is 16.4. The largest absolute Gasteiger partial charge is 0.480 e. The first-order valence-electron chi connectivity index (χ1n) is 5.70. The number of rotatable bonds is 6. The normalized spacial score (nSPS) is 12.2. The number of carboxylic acid groups (broad SMARTS) is 1. The molecule has 5 nitrogen and oxygen atoms in total. The van der Waals surface area contributed by atoms with Crippen molar-refractivity contribution >= 4 is 11.9 Å². The van der Waals surface area contributed by atoms with Crippen LogP contribution in [0.4, 0.5) is 0 Å². The summed E-state index contributed by atoms with van der Waals surface area (Å²) < 4.78 is 0. The van der Waals surface area contributed by atoms with Gasteiger partial charge in [0.1, 0.15) is 6.04 Å². The van der Waals surface area contributed by atoms with Gasteiger partial charge in [-0.25, -0.2) is 4.79 Å². The van der Waals surface area contributed by atoms with Gasteiger partial charge in [0.25, 0.3) is 0 Å². The number of nitrogens with one attached hydrogen (secondary N) is 1. The molecule has 0 aliphatic rings. The van der Waals surface area contributed by atoms with Crippen LogP contribution in [0.3, 0.4) is 0 Å². The van der Waals surface area contributed by atoms with Gasteiger partial charge in [0.05, 0.1) is 6.54 Å². The van der Waals surface area contributed by atoms with Gasteiger partial charge in [-0.3, -0.25) is 4.79 Å². The fourth-order valence-electron chi connectivity index (χ4n) is 1.58. The molecule has 0 heterocycles. The first-order chi connectivity index (χ1) is 8.49. The zero-order valence-corrected chi connectivity index (χ0v) is 10.6. The third-order valence-corrected chi connectivity index (χ3v) is 2.38. The van der Waals surface area contributed by atoms with Gasteiger partial charge in [0.15, 0.2) is 0 Å². The third-order valence-electron chi connectivity index (χ3n) is 2.38. The minimum absolute atomic E-state index is 0.179. The number of likely N-dealkylation sites (N-methyl/N-ethyl adjacent to an activating group) is 1. The Morgan fingerprint density at radius 1 is 1.28 bits per heavy atom. The van der Waals surface area contributed by atoms with Crippen LogP contribution in [-0.2, 0) is 16.0 Å². The number of hydrogen-bond acceptors (Lipinski definition) is 3. The Kier molecular flexibility index (Phi) is 5.32. The smallest absolute Gasteiger partial charge is 0.326 e. The lowest BCUT2D eigenvalue weighted by Gasteiger charge is -2.16. The highest BCUT2D eigenvalue weighted by Crippen LogP contribution is 2.03. The van der Waals surface area contributed by atoms with Crippen molar-refractivity contribution in [3.63, 3.8) is 0 Å². The summed E-state index contributed by atoms with van der Waals surface area (Å²) in [5.41, 5.74) is 0.884. The molecule has 1 amide bonds. The number of carboxylic acids is 1. The van der Waals surface area contributed by atoms with Gasteiger partial charge in [0.2, 0.25) is 5.91 Å². The molecule has 1 aromatic rings. The Hall–Kier alpha value is -1.88. The number of carbonyl (C=O) groups excluding carboxylic acids is 1. The number of aliphatic carboxylic acids is 1. The van der Waals surface area contributed by atoms with E-state index in [9.17, 15) is 9.59 Å². The lowest BCUT2D eigenvalue weighted by molar-refractivity contribution is -0.141. The van der Waals surface area contributed by atoms with Gasteiger partial charge >= 0.3 is 5.97 Å². The molecule has 0 fully saturated rings. The van der Waals surface area contributed by atoms with Crippen LogP contribution in [0.2, 0.25) is 0 Å². The predicted octanol–water partition coefficient (Wildman–Crippen LogP) is 0.360. The van der Waals surface area contributed by atoms with Crippen LogP contribution in [0.15, 0.2) is 30.3 Å². The minimum atomic E-state index is -1.02. The molecule has 0 aliphatic heterocycles. The predicted molar refractivity (Wildman–Crippen MR) is 68.3 cm³/mol. The van der Waals surface area contributed by atoms with Crippen LogP contribution < -0.4 is 5.32 Å². The Morgan fingerprint density at radius 2 is 1.89 bits per heavy atom. The van der Waals surface area contributed by atoms with Crippen molar-refractivity contribution in [2.45, 2.75) is 12.5 Å². The Balaban J connectivity index is 2.61. The van der Waals surface area contributed by atoms with E-state index in [2.05, 4.69) is 5.32 Å². The van der Waals surface area contributed by atoms with Crippen LogP contribution in [0, 0.1) is 0 Å². The van der Waals surface area contributed by atoms with Crippen molar-refractivity contribution in [3.05, 3.63) is 35.9 Å². The summed E-state index contributed by atoms with van der Waals surface area (Å²) in [7, 11) is 3.51. The molecule has 0 saturated heterocycles. The fourth-order valence-corrected chi connectivity index (χ4v) is 1.58. The minimum Gasteiger partial charge on any atom is -0.480 e. The zero-order valence-electron chi connectivity index (χ0n) is 10.6. The van der Waals surface area contributed by atoms with Crippen molar-refractivity contribution in [2.24, 2.45) is 0 Å². The molecule has 5 heteroatoms. The first kappa shape index (κ1) is 14.2. The van der Waals surface area contributed by atoms with Crippen molar-refractivity contribution in [3.8, 4) is 0 Å². The van der Waals surface area contributed by atoms with E-state index in [4.69, 9.17) is 5.11 Å². The summed E-state index contributed by atoms with van der Waals surface area (Å²) in [6, 6.07) is 8.34. The maximum Gasteiger partial charge on any atom is 0.326 e. The van der Waals surface area contributed by atoms with Gasteiger partial charge in [-0.1, -0.05) is 30.3 Å². The number of carbonyl (C=O) groups is 2. The monoisotopic (exact) mass is 250 g/mol. The van der Waals surface area contributed by atoms with Crippen molar-refractivity contribution < 1.29 is 14.7 Å². The molecule has 18 heavy (non-hydrogen) atoms. The second-order valence-corrected chi connectivity index (χ2v) is 4.39. The quantitative estimate of drug-likeness (QED) is 0.765. The van der Waals surface area contributed by atoms with Crippen LogP contribution in [0.1, 0.15) is 5.56 Å². The fraction of sp³-hybridized carbons (Fsp3) is 0.385. The van der Waals surface area contributed by atoms with E-state index in [1.165, 1.54) is 0 Å². The molecule has 2 N–H and O–H groups in total. The highest BCUT2D eigenvalue weighted by molar-refractivity contribution is 5.84. The molecule has 0 spiro atoms. The molecule has 1 rings (SSSR count). The van der Waals surface area contributed by atoms with Crippen molar-refractivity contribution in [2.75, 3.05) is 20.6 Å². The number of benzene rings is 1. The molecule has 1 aromatic carbocycles. The van der Waals surface area contributed by atoms with Crippen molar-refractivity contribution in [1.29, 1.82) is 0 Å². The second-order valence-electron chi connectivity index (χ2n) is 4.39. The van der Waals surface area contributed by atoms with Crippen LogP contribution in [0.25, 0.3) is 0 Å². The Labute approximate surface area is 106 Å². The molecule has 0 bridgehead atoms. The number of amides is 1.